The van der Waals surface area contributed by atoms with E-state index in [9.17, 15) is 19.8 Å². The molecule has 7 heteroatoms. The van der Waals surface area contributed by atoms with Crippen LogP contribution in [0.3, 0.4) is 0 Å². The average molecular weight is 301 g/mol. The number of nitrogens with one attached hydrogen (secondary N) is 2. The molecular formula is C15H15N3O4. The summed E-state index contributed by atoms with van der Waals surface area (Å²) in [4.78, 5) is 26.3. The molecule has 0 bridgehead atoms. The highest BCUT2D eigenvalue weighted by molar-refractivity contribution is 5.96. The molecule has 4 N–H and O–H groups in total. The predicted molar refractivity (Wildman–Crippen MR) is 81.4 cm³/mol. The van der Waals surface area contributed by atoms with E-state index in [1.807, 2.05) is 0 Å². The van der Waals surface area contributed by atoms with Crippen LogP contribution >= 0.6 is 0 Å². The van der Waals surface area contributed by atoms with Gasteiger partial charge in [-0.3, -0.25) is 9.59 Å². The zero-order valence-corrected chi connectivity index (χ0v) is 12.0. The highest BCUT2D eigenvalue weighted by Gasteiger charge is 2.13. The third-order valence-corrected chi connectivity index (χ3v) is 2.98. The van der Waals surface area contributed by atoms with Crippen LogP contribution in [0.25, 0.3) is 0 Å². The highest BCUT2D eigenvalue weighted by Crippen LogP contribution is 2.20. The van der Waals surface area contributed by atoms with Gasteiger partial charge in [0.25, 0.3) is 11.5 Å². The second-order valence-electron chi connectivity index (χ2n) is 4.78. The molecule has 0 aliphatic carbocycles. The summed E-state index contributed by atoms with van der Waals surface area (Å²) in [7, 11) is 0. The minimum atomic E-state index is -0.645. The van der Waals surface area contributed by atoms with Crippen LogP contribution in [0.1, 0.15) is 27.2 Å². The average Bonchev–Trinajstić information content (AvgIpc) is 2.40. The van der Waals surface area contributed by atoms with Crippen LogP contribution in [0, 0.1) is 13.8 Å². The van der Waals surface area contributed by atoms with Crippen molar-refractivity contribution in [3.8, 4) is 11.5 Å². The molecule has 0 saturated heterocycles. The number of aryl methyl sites for hydroxylation is 2. The SMILES string of the molecule is Cc1cc(C)c(C(=O)N/N=C/c2ccc(O)cc2O)c(=O)[nH]1. The number of phenols is 2. The van der Waals surface area contributed by atoms with Gasteiger partial charge in [0, 0.05) is 17.3 Å². The van der Waals surface area contributed by atoms with Gasteiger partial charge in [-0.25, -0.2) is 5.43 Å². The normalized spacial score (nSPS) is 10.8. The molecule has 1 aromatic carbocycles. The van der Waals surface area contributed by atoms with E-state index in [2.05, 4.69) is 15.5 Å². The van der Waals surface area contributed by atoms with Crippen LogP contribution in [0.2, 0.25) is 0 Å². The van der Waals surface area contributed by atoms with E-state index >= 15 is 0 Å². The van der Waals surface area contributed by atoms with Crippen molar-refractivity contribution in [2.24, 2.45) is 5.10 Å². The topological polar surface area (TPSA) is 115 Å². The number of benzene rings is 1. The Morgan fingerprint density at radius 1 is 1.27 bits per heavy atom. The number of aromatic amines is 1. The molecule has 0 atom stereocenters. The lowest BCUT2D eigenvalue weighted by atomic mass is 10.1. The molecule has 2 aromatic rings. The highest BCUT2D eigenvalue weighted by atomic mass is 16.3. The van der Waals surface area contributed by atoms with Gasteiger partial charge in [-0.1, -0.05) is 0 Å². The van der Waals surface area contributed by atoms with Gasteiger partial charge in [-0.2, -0.15) is 5.10 Å². The van der Waals surface area contributed by atoms with E-state index in [4.69, 9.17) is 0 Å². The number of nitrogens with zero attached hydrogens (tertiary/aromatic N) is 1. The molecule has 0 spiro atoms. The van der Waals surface area contributed by atoms with E-state index in [0.717, 1.165) is 6.07 Å². The standard InChI is InChI=1S/C15H15N3O4/c1-8-5-9(2)17-14(21)13(8)15(22)18-16-7-10-3-4-11(19)6-12(10)20/h3-7,19-20H,1-2H3,(H,17,21)(H,18,22)/b16-7+. The number of carbonyl (C=O) groups excluding carboxylic acids is 1. The Hall–Kier alpha value is -3.09. The van der Waals surface area contributed by atoms with Gasteiger partial charge in [0.2, 0.25) is 0 Å². The first-order valence-electron chi connectivity index (χ1n) is 6.44. The summed E-state index contributed by atoms with van der Waals surface area (Å²) in [5, 5.41) is 22.4. The van der Waals surface area contributed by atoms with Crippen molar-refractivity contribution in [1.29, 1.82) is 0 Å². The molecule has 0 aliphatic heterocycles. The molecule has 0 saturated carbocycles. The Bertz CT molecular complexity index is 809. The molecule has 1 heterocycles. The molecule has 114 valence electrons. The minimum Gasteiger partial charge on any atom is -0.508 e. The lowest BCUT2D eigenvalue weighted by Gasteiger charge is -2.04. The van der Waals surface area contributed by atoms with Crippen molar-refractivity contribution in [2.75, 3.05) is 0 Å². The first-order chi connectivity index (χ1) is 10.4. The second-order valence-corrected chi connectivity index (χ2v) is 4.78. The number of aromatic nitrogens is 1. The van der Waals surface area contributed by atoms with Gasteiger partial charge in [0.1, 0.15) is 17.1 Å². The van der Waals surface area contributed by atoms with Crippen molar-refractivity contribution in [2.45, 2.75) is 13.8 Å². The second kappa shape index (κ2) is 6.13. The van der Waals surface area contributed by atoms with Crippen molar-refractivity contribution < 1.29 is 15.0 Å². The Balaban J connectivity index is 2.17. The number of amides is 1. The quantitative estimate of drug-likeness (QED) is 0.503. The summed E-state index contributed by atoms with van der Waals surface area (Å²) >= 11 is 0. The number of carbonyl (C=O) groups is 1. The molecule has 1 amide bonds. The molecule has 0 fully saturated rings. The summed E-state index contributed by atoms with van der Waals surface area (Å²) in [5.74, 6) is -0.906. The Morgan fingerprint density at radius 3 is 2.64 bits per heavy atom. The number of phenolic OH excluding ortho intramolecular Hbond substituents is 2. The minimum absolute atomic E-state index is 0.0160. The number of rotatable bonds is 3. The fourth-order valence-corrected chi connectivity index (χ4v) is 1.99. The molecule has 0 aliphatic rings. The first-order valence-corrected chi connectivity index (χ1v) is 6.44. The molecule has 2 rings (SSSR count). The maximum atomic E-state index is 12.0. The van der Waals surface area contributed by atoms with E-state index in [0.29, 0.717) is 16.8 Å². The molecule has 22 heavy (non-hydrogen) atoms. The summed E-state index contributed by atoms with van der Waals surface area (Å²) in [5.41, 5.74) is 3.24. The molecule has 1 aromatic heterocycles. The Morgan fingerprint density at radius 2 is 2.00 bits per heavy atom. The summed E-state index contributed by atoms with van der Waals surface area (Å²) in [6.45, 7) is 3.38. The van der Waals surface area contributed by atoms with E-state index < -0.39 is 11.5 Å². The summed E-state index contributed by atoms with van der Waals surface area (Å²) in [6, 6.07) is 5.64. The number of pyridine rings is 1. The lowest BCUT2D eigenvalue weighted by Crippen LogP contribution is -2.28. The van der Waals surface area contributed by atoms with Crippen LogP contribution in [-0.4, -0.2) is 27.3 Å². The van der Waals surface area contributed by atoms with Gasteiger partial charge in [0.05, 0.1) is 6.21 Å². The van der Waals surface area contributed by atoms with E-state index in [1.165, 1.54) is 18.3 Å². The van der Waals surface area contributed by atoms with Crippen molar-refractivity contribution in [3.63, 3.8) is 0 Å². The molecular weight excluding hydrogens is 286 g/mol. The summed E-state index contributed by atoms with van der Waals surface area (Å²) < 4.78 is 0. The number of aromatic hydroxyl groups is 2. The first kappa shape index (κ1) is 15.3. The smallest absolute Gasteiger partial charge is 0.277 e. The van der Waals surface area contributed by atoms with Crippen LogP contribution in [0.4, 0.5) is 0 Å². The number of hydrazone groups is 1. The van der Waals surface area contributed by atoms with Crippen molar-refractivity contribution in [3.05, 3.63) is 57.0 Å². The van der Waals surface area contributed by atoms with Crippen LogP contribution in [-0.2, 0) is 0 Å². The van der Waals surface area contributed by atoms with Crippen LogP contribution in [0.15, 0.2) is 34.2 Å². The fourth-order valence-electron chi connectivity index (χ4n) is 1.99. The largest absolute Gasteiger partial charge is 0.508 e. The Labute approximate surface area is 125 Å². The van der Waals surface area contributed by atoms with Crippen LogP contribution in [0.5, 0.6) is 11.5 Å². The maximum Gasteiger partial charge on any atom is 0.277 e. The van der Waals surface area contributed by atoms with Gasteiger partial charge in [-0.05, 0) is 37.6 Å². The maximum absolute atomic E-state index is 12.0. The monoisotopic (exact) mass is 301 g/mol. The van der Waals surface area contributed by atoms with Gasteiger partial charge in [-0.15, -0.1) is 0 Å². The fraction of sp³-hybridized carbons (Fsp3) is 0.133. The Kier molecular flexibility index (Phi) is 4.26. The van der Waals surface area contributed by atoms with Gasteiger partial charge < -0.3 is 15.2 Å². The lowest BCUT2D eigenvalue weighted by molar-refractivity contribution is 0.0953. The third kappa shape index (κ3) is 3.32. The number of hydrogen-bond acceptors (Lipinski definition) is 5. The van der Waals surface area contributed by atoms with E-state index in [1.54, 1.807) is 19.9 Å². The predicted octanol–water partition coefficient (Wildman–Crippen LogP) is 1.17. The molecule has 0 unspecified atom stereocenters. The van der Waals surface area contributed by atoms with Gasteiger partial charge in [0.15, 0.2) is 0 Å². The van der Waals surface area contributed by atoms with Crippen LogP contribution < -0.4 is 11.0 Å². The zero-order chi connectivity index (χ0) is 16.3. The number of H-pyrrole nitrogens is 1. The van der Waals surface area contributed by atoms with Gasteiger partial charge >= 0.3 is 0 Å². The van der Waals surface area contributed by atoms with Crippen molar-refractivity contribution >= 4 is 12.1 Å². The zero-order valence-electron chi connectivity index (χ0n) is 12.0. The molecule has 0 radical (unpaired) electrons. The van der Waals surface area contributed by atoms with Crippen molar-refractivity contribution in [1.82, 2.24) is 10.4 Å². The third-order valence-electron chi connectivity index (χ3n) is 2.98. The molecule has 7 nitrogen and oxygen atoms in total. The van der Waals surface area contributed by atoms with E-state index in [-0.39, 0.29) is 17.1 Å². The summed E-state index contributed by atoms with van der Waals surface area (Å²) in [6.07, 6.45) is 1.21. The number of hydrogen-bond donors (Lipinski definition) is 4.